The Labute approximate surface area is 146 Å². The van der Waals surface area contributed by atoms with Gasteiger partial charge >= 0.3 is 0 Å². The molecule has 1 aromatic heterocycles. The molecule has 4 rings (SSSR count). The van der Waals surface area contributed by atoms with Crippen molar-refractivity contribution in [3.63, 3.8) is 0 Å². The van der Waals surface area contributed by atoms with Gasteiger partial charge in [0.15, 0.2) is 11.5 Å². The highest BCUT2D eigenvalue weighted by Crippen LogP contribution is 2.32. The number of ether oxygens (including phenoxy) is 3. The molecule has 7 nitrogen and oxygen atoms in total. The number of benzene rings is 1. The van der Waals surface area contributed by atoms with E-state index in [9.17, 15) is 4.79 Å². The third kappa shape index (κ3) is 3.32. The first-order valence-electron chi connectivity index (χ1n) is 8.37. The van der Waals surface area contributed by atoms with Gasteiger partial charge in [-0.25, -0.2) is 4.98 Å². The molecule has 7 heteroatoms. The lowest BCUT2D eigenvalue weighted by Gasteiger charge is -2.24. The Morgan fingerprint density at radius 1 is 1.32 bits per heavy atom. The van der Waals surface area contributed by atoms with Crippen LogP contribution in [0.3, 0.4) is 0 Å². The van der Waals surface area contributed by atoms with Crippen LogP contribution in [0.1, 0.15) is 11.3 Å². The number of imidazole rings is 1. The molecule has 0 N–H and O–H groups in total. The molecule has 2 aliphatic rings. The average Bonchev–Trinajstić information content (AvgIpc) is 3.20. The second-order valence-corrected chi connectivity index (χ2v) is 6.50. The van der Waals surface area contributed by atoms with Gasteiger partial charge in [-0.3, -0.25) is 4.79 Å². The molecule has 0 saturated carbocycles. The second kappa shape index (κ2) is 6.76. The summed E-state index contributed by atoms with van der Waals surface area (Å²) in [6.45, 7) is 2.92. The summed E-state index contributed by atoms with van der Waals surface area (Å²) in [6.07, 6.45) is 3.99. The van der Waals surface area contributed by atoms with E-state index in [1.807, 2.05) is 35.6 Å². The fourth-order valence-corrected chi connectivity index (χ4v) is 3.42. The largest absolute Gasteiger partial charge is 0.454 e. The Hall–Kier alpha value is -2.54. The van der Waals surface area contributed by atoms with Crippen molar-refractivity contribution in [2.75, 3.05) is 27.1 Å². The monoisotopic (exact) mass is 343 g/mol. The van der Waals surface area contributed by atoms with Crippen molar-refractivity contribution in [2.24, 2.45) is 5.92 Å². The van der Waals surface area contributed by atoms with E-state index >= 15 is 0 Å². The van der Waals surface area contributed by atoms with Crippen LogP contribution >= 0.6 is 0 Å². The van der Waals surface area contributed by atoms with Crippen LogP contribution in [0.2, 0.25) is 0 Å². The van der Waals surface area contributed by atoms with Crippen LogP contribution in [0.15, 0.2) is 30.7 Å². The number of nitrogens with zero attached hydrogens (tertiary/aromatic N) is 3. The van der Waals surface area contributed by atoms with E-state index in [0.717, 1.165) is 23.6 Å². The van der Waals surface area contributed by atoms with Crippen LogP contribution in [0.25, 0.3) is 0 Å². The summed E-state index contributed by atoms with van der Waals surface area (Å²) in [6, 6.07) is 5.66. The highest BCUT2D eigenvalue weighted by atomic mass is 16.7. The molecule has 25 heavy (non-hydrogen) atoms. The Morgan fingerprint density at radius 3 is 3.08 bits per heavy atom. The van der Waals surface area contributed by atoms with Gasteiger partial charge in [0.1, 0.15) is 0 Å². The van der Waals surface area contributed by atoms with E-state index in [4.69, 9.17) is 14.2 Å². The van der Waals surface area contributed by atoms with Crippen LogP contribution in [0, 0.1) is 5.92 Å². The Balaban J connectivity index is 1.50. The molecular weight excluding hydrogens is 322 g/mol. The van der Waals surface area contributed by atoms with E-state index in [1.165, 1.54) is 0 Å². The highest BCUT2D eigenvalue weighted by molar-refractivity contribution is 5.79. The third-order valence-corrected chi connectivity index (χ3v) is 4.63. The fourth-order valence-electron chi connectivity index (χ4n) is 3.42. The van der Waals surface area contributed by atoms with Crippen molar-refractivity contribution in [3.05, 3.63) is 42.0 Å². The van der Waals surface area contributed by atoms with Crippen LogP contribution in [-0.4, -0.2) is 47.4 Å². The Morgan fingerprint density at radius 2 is 2.20 bits per heavy atom. The van der Waals surface area contributed by atoms with Crippen LogP contribution < -0.4 is 9.47 Å². The van der Waals surface area contributed by atoms with Gasteiger partial charge < -0.3 is 23.7 Å². The summed E-state index contributed by atoms with van der Waals surface area (Å²) in [5.41, 5.74) is 1.98. The van der Waals surface area contributed by atoms with Gasteiger partial charge in [0, 0.05) is 32.3 Å². The third-order valence-electron chi connectivity index (χ3n) is 4.63. The van der Waals surface area contributed by atoms with Crippen LogP contribution in [0.5, 0.6) is 11.5 Å². The lowest BCUT2D eigenvalue weighted by Crippen LogP contribution is -2.36. The molecule has 0 saturated heterocycles. The maximum atomic E-state index is 12.9. The van der Waals surface area contributed by atoms with E-state index in [1.54, 1.807) is 7.11 Å². The summed E-state index contributed by atoms with van der Waals surface area (Å²) in [5, 5.41) is 0. The normalized spacial score (nSPS) is 18.8. The molecule has 1 aromatic carbocycles. The lowest BCUT2D eigenvalue weighted by atomic mass is 10.1. The molecule has 3 heterocycles. The first-order valence-corrected chi connectivity index (χ1v) is 8.37. The Kier molecular flexibility index (Phi) is 4.31. The molecule has 1 atom stereocenters. The standard InChI is InChI=1S/C18H21N3O4/c1-23-10-14-7-20(9-15-6-19-11-21(15)8-14)18(22)5-13-2-3-16-17(4-13)25-12-24-16/h2-4,6,11,14H,5,7-10,12H2,1H3/t14-/m1/s1. The zero-order valence-electron chi connectivity index (χ0n) is 14.2. The van der Waals surface area contributed by atoms with E-state index in [0.29, 0.717) is 31.9 Å². The quantitative estimate of drug-likeness (QED) is 0.841. The maximum absolute atomic E-state index is 12.9. The Bertz CT molecular complexity index is 773. The highest BCUT2D eigenvalue weighted by Gasteiger charge is 2.25. The average molecular weight is 343 g/mol. The van der Waals surface area contributed by atoms with Gasteiger partial charge in [0.25, 0.3) is 0 Å². The summed E-state index contributed by atoms with van der Waals surface area (Å²) in [7, 11) is 1.69. The molecule has 0 radical (unpaired) electrons. The molecule has 0 bridgehead atoms. The molecule has 2 aliphatic heterocycles. The van der Waals surface area contributed by atoms with Crippen LogP contribution in [-0.2, 0) is 29.0 Å². The summed E-state index contributed by atoms with van der Waals surface area (Å²) in [4.78, 5) is 19.0. The number of aromatic nitrogens is 2. The van der Waals surface area contributed by atoms with E-state index in [-0.39, 0.29) is 18.6 Å². The van der Waals surface area contributed by atoms with Gasteiger partial charge in [-0.2, -0.15) is 0 Å². The molecule has 0 spiro atoms. The number of hydrogen-bond donors (Lipinski definition) is 0. The van der Waals surface area contributed by atoms with Gasteiger partial charge in [-0.1, -0.05) is 6.07 Å². The first kappa shape index (κ1) is 16.0. The van der Waals surface area contributed by atoms with Gasteiger partial charge in [0.2, 0.25) is 12.7 Å². The predicted octanol–water partition coefficient (Wildman–Crippen LogP) is 1.46. The molecule has 0 aliphatic carbocycles. The molecule has 132 valence electrons. The van der Waals surface area contributed by atoms with E-state index < -0.39 is 0 Å². The number of rotatable bonds is 4. The zero-order valence-corrected chi connectivity index (χ0v) is 14.2. The number of methoxy groups -OCH3 is 1. The number of carbonyl (C=O) groups excluding carboxylic acids is 1. The minimum absolute atomic E-state index is 0.0922. The van der Waals surface area contributed by atoms with Crippen molar-refractivity contribution >= 4 is 5.91 Å². The molecule has 2 aromatic rings. The van der Waals surface area contributed by atoms with Crippen molar-refractivity contribution < 1.29 is 19.0 Å². The fraction of sp³-hybridized carbons (Fsp3) is 0.444. The van der Waals surface area contributed by atoms with Crippen LogP contribution in [0.4, 0.5) is 0 Å². The minimum atomic E-state index is 0.0922. The SMILES string of the molecule is COC[C@@H]1CN(C(=O)Cc2ccc3c(c2)OCO3)Cc2cncn2C1. The molecular formula is C18H21N3O4. The minimum Gasteiger partial charge on any atom is -0.454 e. The predicted molar refractivity (Wildman–Crippen MR) is 89.3 cm³/mol. The van der Waals surface area contributed by atoms with Crippen molar-refractivity contribution in [3.8, 4) is 11.5 Å². The summed E-state index contributed by atoms with van der Waals surface area (Å²) in [5.74, 6) is 1.78. The van der Waals surface area contributed by atoms with Gasteiger partial charge in [0.05, 0.1) is 31.6 Å². The summed E-state index contributed by atoms with van der Waals surface area (Å²) < 4.78 is 18.1. The second-order valence-electron chi connectivity index (χ2n) is 6.50. The zero-order chi connectivity index (χ0) is 17.2. The van der Waals surface area contributed by atoms with Gasteiger partial charge in [-0.05, 0) is 17.7 Å². The number of hydrogen-bond acceptors (Lipinski definition) is 5. The molecule has 0 fully saturated rings. The number of carbonyl (C=O) groups is 1. The van der Waals surface area contributed by atoms with Crippen molar-refractivity contribution in [1.29, 1.82) is 0 Å². The number of amides is 1. The lowest BCUT2D eigenvalue weighted by molar-refractivity contribution is -0.131. The van der Waals surface area contributed by atoms with Gasteiger partial charge in [-0.15, -0.1) is 0 Å². The topological polar surface area (TPSA) is 65.8 Å². The van der Waals surface area contributed by atoms with E-state index in [2.05, 4.69) is 9.55 Å². The molecule has 1 amide bonds. The molecule has 0 unspecified atom stereocenters. The number of fused-ring (bicyclic) bond motifs is 2. The maximum Gasteiger partial charge on any atom is 0.231 e. The summed E-state index contributed by atoms with van der Waals surface area (Å²) >= 11 is 0. The van der Waals surface area contributed by atoms with Crippen molar-refractivity contribution in [1.82, 2.24) is 14.5 Å². The smallest absolute Gasteiger partial charge is 0.231 e. The van der Waals surface area contributed by atoms with Crippen molar-refractivity contribution in [2.45, 2.75) is 19.5 Å². The first-order chi connectivity index (χ1) is 12.2.